The number of thiazole rings is 1. The summed E-state index contributed by atoms with van der Waals surface area (Å²) < 4.78 is 3.11. The summed E-state index contributed by atoms with van der Waals surface area (Å²) in [7, 11) is 0. The Morgan fingerprint density at radius 1 is 0.862 bits per heavy atom. The van der Waals surface area contributed by atoms with Crippen molar-refractivity contribution < 1.29 is 0 Å². The Bertz CT molecular complexity index is 1190. The largest absolute Gasteiger partial charge is 0.258 e. The Balaban J connectivity index is 1.73. The van der Waals surface area contributed by atoms with Gasteiger partial charge in [-0.3, -0.25) is 4.99 Å². The summed E-state index contributed by atoms with van der Waals surface area (Å²) in [6.45, 7) is 2.77. The second-order valence-corrected chi connectivity index (χ2v) is 8.40. The van der Waals surface area contributed by atoms with E-state index in [2.05, 4.69) is 93.6 Å². The standard InChI is InChI=1S/C24H20IN3S/c1-2-26-24-28(27-16-21-10-6-7-11-22(21)25)23(17-29-24)20-14-12-19(13-15-20)18-8-4-3-5-9-18/h3-17H,2H2,1H3/b26-24?,27-16+. The quantitative estimate of drug-likeness (QED) is 0.224. The van der Waals surface area contributed by atoms with Crippen LogP contribution in [0, 0.1) is 3.57 Å². The molecule has 1 heterocycles. The molecule has 5 heteroatoms. The third-order valence-corrected chi connectivity index (χ3v) is 6.32. The zero-order valence-electron chi connectivity index (χ0n) is 16.0. The molecule has 1 aromatic heterocycles. The predicted molar refractivity (Wildman–Crippen MR) is 131 cm³/mol. The van der Waals surface area contributed by atoms with Gasteiger partial charge in [0, 0.05) is 26.6 Å². The molecule has 0 aliphatic carbocycles. The first-order chi connectivity index (χ1) is 14.3. The zero-order chi connectivity index (χ0) is 20.1. The van der Waals surface area contributed by atoms with E-state index in [0.717, 1.165) is 28.2 Å². The number of rotatable bonds is 5. The van der Waals surface area contributed by atoms with Gasteiger partial charge in [0.2, 0.25) is 4.80 Å². The van der Waals surface area contributed by atoms with Gasteiger partial charge >= 0.3 is 0 Å². The van der Waals surface area contributed by atoms with Gasteiger partial charge in [-0.1, -0.05) is 72.8 Å². The van der Waals surface area contributed by atoms with Crippen LogP contribution in [-0.2, 0) is 0 Å². The SMILES string of the molecule is CCN=c1scc(-c2ccc(-c3ccccc3)cc2)n1/N=C/c1ccccc1I. The molecule has 0 saturated carbocycles. The van der Waals surface area contributed by atoms with Crippen LogP contribution in [0.3, 0.4) is 0 Å². The van der Waals surface area contributed by atoms with Crippen molar-refractivity contribution in [3.8, 4) is 22.4 Å². The van der Waals surface area contributed by atoms with Gasteiger partial charge in [-0.15, -0.1) is 11.3 Å². The Morgan fingerprint density at radius 2 is 1.52 bits per heavy atom. The summed E-state index contributed by atoms with van der Waals surface area (Å²) in [6.07, 6.45) is 1.91. The fourth-order valence-corrected chi connectivity index (χ4v) is 4.45. The molecule has 0 N–H and O–H groups in total. The Morgan fingerprint density at radius 3 is 2.24 bits per heavy atom. The van der Waals surface area contributed by atoms with Gasteiger partial charge in [-0.25, -0.2) is 4.68 Å². The van der Waals surface area contributed by atoms with Crippen molar-refractivity contribution in [2.45, 2.75) is 6.92 Å². The molecule has 0 fully saturated rings. The minimum absolute atomic E-state index is 0.727. The van der Waals surface area contributed by atoms with Crippen LogP contribution in [0.2, 0.25) is 0 Å². The van der Waals surface area contributed by atoms with Crippen molar-refractivity contribution >= 4 is 40.1 Å². The van der Waals surface area contributed by atoms with Crippen LogP contribution in [0.25, 0.3) is 22.4 Å². The van der Waals surface area contributed by atoms with Crippen molar-refractivity contribution in [1.82, 2.24) is 4.68 Å². The van der Waals surface area contributed by atoms with Gasteiger partial charge in [0.1, 0.15) is 0 Å². The highest BCUT2D eigenvalue weighted by Gasteiger charge is 2.08. The first kappa shape index (κ1) is 19.8. The lowest BCUT2D eigenvalue weighted by atomic mass is 10.0. The van der Waals surface area contributed by atoms with Gasteiger partial charge in [-0.05, 0) is 46.7 Å². The molecule has 4 rings (SSSR count). The molecule has 4 aromatic rings. The Labute approximate surface area is 188 Å². The van der Waals surface area contributed by atoms with Crippen LogP contribution in [-0.4, -0.2) is 17.4 Å². The molecule has 0 bridgehead atoms. The van der Waals surface area contributed by atoms with Gasteiger partial charge in [-0.2, -0.15) is 5.10 Å². The molecule has 0 aliphatic heterocycles. The van der Waals surface area contributed by atoms with E-state index in [9.17, 15) is 0 Å². The van der Waals surface area contributed by atoms with Crippen molar-refractivity contribution in [3.05, 3.63) is 98.2 Å². The van der Waals surface area contributed by atoms with Gasteiger partial charge in [0.15, 0.2) is 0 Å². The second-order valence-electron chi connectivity index (χ2n) is 6.40. The van der Waals surface area contributed by atoms with E-state index in [-0.39, 0.29) is 0 Å². The first-order valence-corrected chi connectivity index (χ1v) is 11.4. The van der Waals surface area contributed by atoms with E-state index in [0.29, 0.717) is 0 Å². The number of hydrogen-bond donors (Lipinski definition) is 0. The maximum atomic E-state index is 4.78. The molecule has 0 amide bonds. The second kappa shape index (κ2) is 9.33. The normalized spacial score (nSPS) is 12.0. The van der Waals surface area contributed by atoms with Crippen molar-refractivity contribution in [2.75, 3.05) is 6.54 Å². The molecule has 0 saturated heterocycles. The summed E-state index contributed by atoms with van der Waals surface area (Å²) in [5.74, 6) is 0. The fourth-order valence-electron chi connectivity index (χ4n) is 3.02. The number of halogens is 1. The van der Waals surface area contributed by atoms with E-state index < -0.39 is 0 Å². The van der Waals surface area contributed by atoms with Crippen molar-refractivity contribution in [2.24, 2.45) is 10.1 Å². The molecule has 144 valence electrons. The van der Waals surface area contributed by atoms with Crippen LogP contribution >= 0.6 is 33.9 Å². The van der Waals surface area contributed by atoms with Crippen LogP contribution in [0.1, 0.15) is 12.5 Å². The minimum Gasteiger partial charge on any atom is -0.258 e. The lowest BCUT2D eigenvalue weighted by molar-refractivity contribution is 0.833. The van der Waals surface area contributed by atoms with Crippen molar-refractivity contribution in [1.29, 1.82) is 0 Å². The summed E-state index contributed by atoms with van der Waals surface area (Å²) >= 11 is 3.95. The Hall–Kier alpha value is -2.51. The number of aromatic nitrogens is 1. The molecular formula is C24H20IN3S. The zero-order valence-corrected chi connectivity index (χ0v) is 19.0. The third-order valence-electron chi connectivity index (χ3n) is 4.48. The van der Waals surface area contributed by atoms with Gasteiger partial charge < -0.3 is 0 Å². The average Bonchev–Trinajstić information content (AvgIpc) is 3.17. The summed E-state index contributed by atoms with van der Waals surface area (Å²) in [5, 5.41) is 6.90. The average molecular weight is 509 g/mol. The van der Waals surface area contributed by atoms with E-state index >= 15 is 0 Å². The number of benzene rings is 3. The monoisotopic (exact) mass is 509 g/mol. The summed E-state index contributed by atoms with van der Waals surface area (Å²) in [6, 6.07) is 27.3. The van der Waals surface area contributed by atoms with Crippen LogP contribution in [0.15, 0.2) is 94.3 Å². The number of nitrogens with zero attached hydrogens (tertiary/aromatic N) is 3. The van der Waals surface area contributed by atoms with E-state index in [1.807, 2.05) is 36.0 Å². The smallest absolute Gasteiger partial charge is 0.206 e. The molecule has 0 aliphatic rings. The third kappa shape index (κ3) is 4.57. The van der Waals surface area contributed by atoms with E-state index in [1.165, 1.54) is 14.7 Å². The van der Waals surface area contributed by atoms with Crippen LogP contribution < -0.4 is 4.80 Å². The topological polar surface area (TPSA) is 29.6 Å². The lowest BCUT2D eigenvalue weighted by Gasteiger charge is -2.06. The highest BCUT2D eigenvalue weighted by molar-refractivity contribution is 14.1. The minimum atomic E-state index is 0.727. The maximum absolute atomic E-state index is 4.78. The van der Waals surface area contributed by atoms with E-state index in [1.54, 1.807) is 11.3 Å². The van der Waals surface area contributed by atoms with E-state index in [4.69, 9.17) is 5.10 Å². The van der Waals surface area contributed by atoms with Gasteiger partial charge in [0.25, 0.3) is 0 Å². The van der Waals surface area contributed by atoms with Gasteiger partial charge in [0.05, 0.1) is 11.9 Å². The summed E-state index contributed by atoms with van der Waals surface area (Å²) in [5.41, 5.74) is 5.69. The van der Waals surface area contributed by atoms with Crippen LogP contribution in [0.4, 0.5) is 0 Å². The molecule has 3 aromatic carbocycles. The molecular weight excluding hydrogens is 489 g/mol. The molecule has 29 heavy (non-hydrogen) atoms. The molecule has 0 atom stereocenters. The highest BCUT2D eigenvalue weighted by Crippen LogP contribution is 2.25. The Kier molecular flexibility index (Phi) is 6.36. The predicted octanol–water partition coefficient (Wildman–Crippen LogP) is 6.29. The molecule has 0 radical (unpaired) electrons. The lowest BCUT2D eigenvalue weighted by Crippen LogP contribution is -2.12. The maximum Gasteiger partial charge on any atom is 0.206 e. The number of hydrogen-bond acceptors (Lipinski definition) is 3. The molecule has 3 nitrogen and oxygen atoms in total. The van der Waals surface area contributed by atoms with Crippen molar-refractivity contribution in [3.63, 3.8) is 0 Å². The summed E-state index contributed by atoms with van der Waals surface area (Å²) in [4.78, 5) is 5.52. The molecule has 0 unspecified atom stereocenters. The highest BCUT2D eigenvalue weighted by atomic mass is 127. The molecule has 0 spiro atoms. The first-order valence-electron chi connectivity index (χ1n) is 9.42. The van der Waals surface area contributed by atoms with Crippen LogP contribution in [0.5, 0.6) is 0 Å². The fraction of sp³-hybridized carbons (Fsp3) is 0.0833.